The standard InChI is InChI=1S/C13H10BrN3O/c14-13-9(4-5-12(15)18)2-1-3-11(13)10-6-16-8-17-7-10/h1-8H,(H2,15,18). The molecule has 2 aromatic rings. The van der Waals surface area contributed by atoms with Crippen molar-refractivity contribution in [1.82, 2.24) is 9.97 Å². The number of carbonyl (C=O) groups is 1. The lowest BCUT2D eigenvalue weighted by Gasteiger charge is -2.06. The number of halogens is 1. The maximum atomic E-state index is 10.7. The van der Waals surface area contributed by atoms with E-state index in [1.54, 1.807) is 18.5 Å². The molecule has 0 unspecified atom stereocenters. The minimum atomic E-state index is -0.477. The summed E-state index contributed by atoms with van der Waals surface area (Å²) in [5, 5.41) is 0. The second kappa shape index (κ2) is 5.55. The molecule has 18 heavy (non-hydrogen) atoms. The first-order chi connectivity index (χ1) is 8.68. The Kier molecular flexibility index (Phi) is 3.84. The molecule has 0 fully saturated rings. The summed E-state index contributed by atoms with van der Waals surface area (Å²) in [6.45, 7) is 0. The number of nitrogens with two attached hydrogens (primary N) is 1. The van der Waals surface area contributed by atoms with Crippen LogP contribution in [0.2, 0.25) is 0 Å². The Morgan fingerprint density at radius 3 is 2.67 bits per heavy atom. The van der Waals surface area contributed by atoms with Crippen molar-refractivity contribution >= 4 is 27.9 Å². The molecule has 1 amide bonds. The van der Waals surface area contributed by atoms with E-state index in [2.05, 4.69) is 25.9 Å². The Bertz CT molecular complexity index is 596. The van der Waals surface area contributed by atoms with Crippen molar-refractivity contribution < 1.29 is 4.79 Å². The van der Waals surface area contributed by atoms with Crippen molar-refractivity contribution in [1.29, 1.82) is 0 Å². The van der Waals surface area contributed by atoms with Crippen molar-refractivity contribution in [2.24, 2.45) is 5.73 Å². The smallest absolute Gasteiger partial charge is 0.241 e. The van der Waals surface area contributed by atoms with Gasteiger partial charge in [-0.05, 0) is 33.1 Å². The summed E-state index contributed by atoms with van der Waals surface area (Å²) in [5.74, 6) is -0.477. The Hall–Kier alpha value is -2.01. The Labute approximate surface area is 113 Å². The van der Waals surface area contributed by atoms with Crippen LogP contribution in [-0.2, 0) is 4.79 Å². The molecule has 0 aliphatic heterocycles. The second-order valence-corrected chi connectivity index (χ2v) is 4.36. The van der Waals surface area contributed by atoms with E-state index >= 15 is 0 Å². The predicted octanol–water partition coefficient (Wildman–Crippen LogP) is 2.40. The lowest BCUT2D eigenvalue weighted by molar-refractivity contribution is -0.113. The summed E-state index contributed by atoms with van der Waals surface area (Å²) in [7, 11) is 0. The maximum absolute atomic E-state index is 10.7. The highest BCUT2D eigenvalue weighted by Gasteiger charge is 2.06. The van der Waals surface area contributed by atoms with E-state index in [1.165, 1.54) is 12.4 Å². The average molecular weight is 304 g/mol. The summed E-state index contributed by atoms with van der Waals surface area (Å²) in [6, 6.07) is 5.73. The topological polar surface area (TPSA) is 68.9 Å². The van der Waals surface area contributed by atoms with Crippen molar-refractivity contribution in [2.75, 3.05) is 0 Å². The highest BCUT2D eigenvalue weighted by atomic mass is 79.9. The van der Waals surface area contributed by atoms with Crippen LogP contribution in [0.5, 0.6) is 0 Å². The van der Waals surface area contributed by atoms with Crippen LogP contribution in [0.25, 0.3) is 17.2 Å². The first-order valence-corrected chi connectivity index (χ1v) is 5.99. The highest BCUT2D eigenvalue weighted by molar-refractivity contribution is 9.10. The Morgan fingerprint density at radius 2 is 2.00 bits per heavy atom. The van der Waals surface area contributed by atoms with E-state index in [4.69, 9.17) is 5.73 Å². The zero-order valence-electron chi connectivity index (χ0n) is 9.38. The van der Waals surface area contributed by atoms with E-state index in [0.717, 1.165) is 21.2 Å². The first-order valence-electron chi connectivity index (χ1n) is 5.20. The van der Waals surface area contributed by atoms with Gasteiger partial charge in [0, 0.05) is 28.5 Å². The molecule has 1 aromatic heterocycles. The SMILES string of the molecule is NC(=O)C=Cc1cccc(-c2cncnc2)c1Br. The Morgan fingerprint density at radius 1 is 1.28 bits per heavy atom. The van der Waals surface area contributed by atoms with E-state index in [0.29, 0.717) is 0 Å². The van der Waals surface area contributed by atoms with E-state index in [1.807, 2.05) is 18.2 Å². The molecular weight excluding hydrogens is 294 g/mol. The normalized spacial score (nSPS) is 10.7. The van der Waals surface area contributed by atoms with Gasteiger partial charge in [-0.2, -0.15) is 0 Å². The molecule has 5 heteroatoms. The molecule has 0 aliphatic rings. The summed E-state index contributed by atoms with van der Waals surface area (Å²) < 4.78 is 0.872. The van der Waals surface area contributed by atoms with Gasteiger partial charge in [-0.25, -0.2) is 9.97 Å². The van der Waals surface area contributed by atoms with Gasteiger partial charge in [0.25, 0.3) is 0 Å². The number of rotatable bonds is 3. The largest absolute Gasteiger partial charge is 0.366 e. The van der Waals surface area contributed by atoms with Gasteiger partial charge in [-0.1, -0.05) is 18.2 Å². The number of benzene rings is 1. The molecule has 90 valence electrons. The molecule has 2 rings (SSSR count). The molecule has 1 aromatic carbocycles. The minimum Gasteiger partial charge on any atom is -0.366 e. The van der Waals surface area contributed by atoms with Gasteiger partial charge >= 0.3 is 0 Å². The number of hydrogen-bond donors (Lipinski definition) is 1. The number of primary amides is 1. The zero-order chi connectivity index (χ0) is 13.0. The number of aromatic nitrogens is 2. The molecule has 0 bridgehead atoms. The molecule has 0 spiro atoms. The summed E-state index contributed by atoms with van der Waals surface area (Å²) >= 11 is 3.51. The molecular formula is C13H10BrN3O. The van der Waals surface area contributed by atoms with E-state index < -0.39 is 5.91 Å². The summed E-state index contributed by atoms with van der Waals surface area (Å²) in [5.41, 5.74) is 7.81. The molecule has 2 N–H and O–H groups in total. The molecule has 0 aliphatic carbocycles. The van der Waals surface area contributed by atoms with Crippen LogP contribution < -0.4 is 5.73 Å². The van der Waals surface area contributed by atoms with Crippen LogP contribution in [-0.4, -0.2) is 15.9 Å². The van der Waals surface area contributed by atoms with Crippen LogP contribution in [0.1, 0.15) is 5.56 Å². The fourth-order valence-electron chi connectivity index (χ4n) is 1.51. The molecule has 0 saturated carbocycles. The first kappa shape index (κ1) is 12.4. The van der Waals surface area contributed by atoms with E-state index in [-0.39, 0.29) is 0 Å². The van der Waals surface area contributed by atoms with Gasteiger partial charge < -0.3 is 5.73 Å². The number of carbonyl (C=O) groups excluding carboxylic acids is 1. The van der Waals surface area contributed by atoms with Crippen LogP contribution in [0.4, 0.5) is 0 Å². The Balaban J connectivity index is 2.46. The number of nitrogens with zero attached hydrogens (tertiary/aromatic N) is 2. The summed E-state index contributed by atoms with van der Waals surface area (Å²) in [4.78, 5) is 18.7. The average Bonchev–Trinajstić information content (AvgIpc) is 2.38. The van der Waals surface area contributed by atoms with Crippen LogP contribution in [0.3, 0.4) is 0 Å². The molecule has 4 nitrogen and oxygen atoms in total. The maximum Gasteiger partial charge on any atom is 0.241 e. The molecule has 0 saturated heterocycles. The van der Waals surface area contributed by atoms with Gasteiger partial charge in [0.15, 0.2) is 0 Å². The molecule has 0 atom stereocenters. The second-order valence-electron chi connectivity index (χ2n) is 3.57. The fourth-order valence-corrected chi connectivity index (χ4v) is 2.14. The molecule has 0 radical (unpaired) electrons. The summed E-state index contributed by atoms with van der Waals surface area (Å²) in [6.07, 6.45) is 7.93. The lowest BCUT2D eigenvalue weighted by Crippen LogP contribution is -2.05. The lowest BCUT2D eigenvalue weighted by atomic mass is 10.1. The van der Waals surface area contributed by atoms with Crippen molar-refractivity contribution in [3.8, 4) is 11.1 Å². The third-order valence-electron chi connectivity index (χ3n) is 2.33. The minimum absolute atomic E-state index is 0.477. The van der Waals surface area contributed by atoms with Crippen LogP contribution >= 0.6 is 15.9 Å². The van der Waals surface area contributed by atoms with Gasteiger partial charge in [0.05, 0.1) is 0 Å². The van der Waals surface area contributed by atoms with Crippen molar-refractivity contribution in [2.45, 2.75) is 0 Å². The zero-order valence-corrected chi connectivity index (χ0v) is 11.0. The van der Waals surface area contributed by atoms with Gasteiger partial charge in [0.2, 0.25) is 5.91 Å². The number of hydrogen-bond acceptors (Lipinski definition) is 3. The van der Waals surface area contributed by atoms with Gasteiger partial charge in [0.1, 0.15) is 6.33 Å². The monoisotopic (exact) mass is 303 g/mol. The highest BCUT2D eigenvalue weighted by Crippen LogP contribution is 2.30. The predicted molar refractivity (Wildman–Crippen MR) is 73.4 cm³/mol. The van der Waals surface area contributed by atoms with E-state index in [9.17, 15) is 4.79 Å². The van der Waals surface area contributed by atoms with Crippen molar-refractivity contribution in [3.63, 3.8) is 0 Å². The van der Waals surface area contributed by atoms with Gasteiger partial charge in [-0.3, -0.25) is 4.79 Å². The van der Waals surface area contributed by atoms with Crippen LogP contribution in [0.15, 0.2) is 47.5 Å². The third kappa shape index (κ3) is 2.81. The number of amides is 1. The fraction of sp³-hybridized carbons (Fsp3) is 0. The third-order valence-corrected chi connectivity index (χ3v) is 3.21. The molecule has 1 heterocycles. The van der Waals surface area contributed by atoms with Crippen LogP contribution in [0, 0.1) is 0 Å². The van der Waals surface area contributed by atoms with Crippen molar-refractivity contribution in [3.05, 3.63) is 53.0 Å². The quantitative estimate of drug-likeness (QED) is 0.885. The van der Waals surface area contributed by atoms with Gasteiger partial charge in [-0.15, -0.1) is 0 Å².